The topological polar surface area (TPSA) is 75.3 Å². The summed E-state index contributed by atoms with van der Waals surface area (Å²) in [5.41, 5.74) is 0.315. The number of amides is 1. The fourth-order valence-electron chi connectivity index (χ4n) is 2.97. The first-order valence-electron chi connectivity index (χ1n) is 8.64. The van der Waals surface area contributed by atoms with Crippen LogP contribution in [0.5, 0.6) is 0 Å². The molecule has 2 heterocycles. The third-order valence-corrected chi connectivity index (χ3v) is 7.44. The summed E-state index contributed by atoms with van der Waals surface area (Å²) in [5.74, 6) is -0.357. The van der Waals surface area contributed by atoms with E-state index in [0.717, 1.165) is 33.6 Å². The molecule has 0 saturated heterocycles. The van der Waals surface area contributed by atoms with Crippen LogP contribution < -0.4 is 10.0 Å². The van der Waals surface area contributed by atoms with Crippen molar-refractivity contribution in [2.45, 2.75) is 11.1 Å². The number of halogens is 4. The van der Waals surface area contributed by atoms with E-state index in [1.54, 1.807) is 6.08 Å². The number of sulfonamides is 1. The highest BCUT2D eigenvalue weighted by Crippen LogP contribution is 2.36. The van der Waals surface area contributed by atoms with Gasteiger partial charge >= 0.3 is 6.18 Å². The van der Waals surface area contributed by atoms with Crippen LogP contribution in [-0.4, -0.2) is 14.3 Å². The van der Waals surface area contributed by atoms with E-state index in [9.17, 15) is 26.4 Å². The summed E-state index contributed by atoms with van der Waals surface area (Å²) >= 11 is 4.76. The van der Waals surface area contributed by atoms with Gasteiger partial charge in [-0.2, -0.15) is 13.2 Å². The second kappa shape index (κ2) is 7.81. The third-order valence-electron chi connectivity index (χ3n) is 4.42. The summed E-state index contributed by atoms with van der Waals surface area (Å²) in [7, 11) is -4.10. The van der Waals surface area contributed by atoms with Gasteiger partial charge in [0.15, 0.2) is 0 Å². The number of rotatable bonds is 4. The largest absolute Gasteiger partial charge is 0.416 e. The van der Waals surface area contributed by atoms with Gasteiger partial charge in [0.05, 0.1) is 16.0 Å². The molecule has 1 amide bonds. The fourth-order valence-corrected chi connectivity index (χ4v) is 5.43. The molecule has 0 saturated carbocycles. The monoisotopic (exact) mass is 528 g/mol. The molecule has 0 radical (unpaired) electrons. The Kier molecular flexibility index (Phi) is 5.44. The van der Waals surface area contributed by atoms with Crippen LogP contribution >= 0.6 is 27.3 Å². The van der Waals surface area contributed by atoms with E-state index >= 15 is 0 Å². The molecule has 0 aliphatic carbocycles. The lowest BCUT2D eigenvalue weighted by atomic mass is 10.1. The molecular weight excluding hydrogens is 517 g/mol. The maximum absolute atomic E-state index is 12.8. The van der Waals surface area contributed by atoms with Gasteiger partial charge in [0.25, 0.3) is 15.9 Å². The highest BCUT2D eigenvalue weighted by Gasteiger charge is 2.30. The van der Waals surface area contributed by atoms with Crippen molar-refractivity contribution in [2.24, 2.45) is 0 Å². The molecule has 11 heteroatoms. The molecule has 5 nitrogen and oxygen atoms in total. The Balaban J connectivity index is 1.65. The van der Waals surface area contributed by atoms with E-state index in [1.165, 1.54) is 29.5 Å². The molecule has 0 unspecified atom stereocenters. The fraction of sp³-hybridized carbons (Fsp3) is 0.0500. The number of fused-ring (bicyclic) bond motifs is 1. The van der Waals surface area contributed by atoms with Crippen LogP contribution in [0.25, 0.3) is 11.6 Å². The standard InChI is InChI=1S/C20H12BrF3N2O3S2/c21-12-7-14(30-10-12)8-17-16-9-15(5-6-18(16)25-19(17)27)31(28,29)26-13-3-1-11(2-4-13)20(22,23)24/h1-10,26H,(H,25,27). The van der Waals surface area contributed by atoms with Gasteiger partial charge in [-0.1, -0.05) is 0 Å². The Morgan fingerprint density at radius 2 is 1.77 bits per heavy atom. The first-order chi connectivity index (χ1) is 14.5. The predicted octanol–water partition coefficient (Wildman–Crippen LogP) is 5.82. The molecule has 0 bridgehead atoms. The predicted molar refractivity (Wildman–Crippen MR) is 117 cm³/mol. The summed E-state index contributed by atoms with van der Waals surface area (Å²) < 4.78 is 66.8. The molecule has 160 valence electrons. The zero-order valence-electron chi connectivity index (χ0n) is 15.3. The molecule has 0 fully saturated rings. The van der Waals surface area contributed by atoms with Crippen LogP contribution in [-0.2, 0) is 21.0 Å². The molecule has 1 aromatic heterocycles. The molecule has 0 spiro atoms. The Morgan fingerprint density at radius 1 is 1.06 bits per heavy atom. The van der Waals surface area contributed by atoms with E-state index in [0.29, 0.717) is 16.8 Å². The summed E-state index contributed by atoms with van der Waals surface area (Å²) in [6.07, 6.45) is -2.85. The Morgan fingerprint density at radius 3 is 2.39 bits per heavy atom. The Hall–Kier alpha value is -2.63. The molecular formula is C20H12BrF3N2O3S2. The number of benzene rings is 2. The van der Waals surface area contributed by atoms with Crippen LogP contribution in [0.3, 0.4) is 0 Å². The number of hydrogen-bond donors (Lipinski definition) is 2. The Bertz CT molecular complexity index is 1310. The maximum atomic E-state index is 12.8. The summed E-state index contributed by atoms with van der Waals surface area (Å²) in [4.78, 5) is 13.0. The van der Waals surface area contributed by atoms with E-state index in [4.69, 9.17) is 0 Å². The van der Waals surface area contributed by atoms with Gasteiger partial charge in [0, 0.05) is 31.7 Å². The van der Waals surface area contributed by atoms with E-state index < -0.39 is 21.8 Å². The lowest BCUT2D eigenvalue weighted by molar-refractivity contribution is -0.137. The van der Waals surface area contributed by atoms with Crippen molar-refractivity contribution in [1.82, 2.24) is 0 Å². The molecule has 3 aromatic rings. The van der Waals surface area contributed by atoms with Crippen LogP contribution in [0.15, 0.2) is 63.3 Å². The van der Waals surface area contributed by atoms with Crippen molar-refractivity contribution in [1.29, 1.82) is 0 Å². The second-order valence-electron chi connectivity index (χ2n) is 6.57. The average Bonchev–Trinajstić information content (AvgIpc) is 3.24. The SMILES string of the molecule is O=C1Nc2ccc(S(=O)(=O)Nc3ccc(C(F)(F)F)cc3)cc2C1=Cc1cc(Br)cs1. The zero-order chi connectivity index (χ0) is 22.4. The number of anilines is 2. The zero-order valence-corrected chi connectivity index (χ0v) is 18.5. The number of nitrogens with one attached hydrogen (secondary N) is 2. The number of carbonyl (C=O) groups excluding carboxylic acids is 1. The van der Waals surface area contributed by atoms with E-state index in [2.05, 4.69) is 26.0 Å². The summed E-state index contributed by atoms with van der Waals surface area (Å²) in [5, 5.41) is 4.54. The molecule has 31 heavy (non-hydrogen) atoms. The first kappa shape index (κ1) is 21.6. The lowest BCUT2D eigenvalue weighted by Gasteiger charge is -2.11. The number of thiophene rings is 1. The van der Waals surface area contributed by atoms with Gasteiger partial charge in [-0.3, -0.25) is 9.52 Å². The average molecular weight is 529 g/mol. The quantitative estimate of drug-likeness (QED) is 0.418. The number of hydrogen-bond acceptors (Lipinski definition) is 4. The summed E-state index contributed by atoms with van der Waals surface area (Å²) in [6, 6.07) is 9.64. The molecule has 1 aliphatic heterocycles. The number of alkyl halides is 3. The van der Waals surface area contributed by atoms with Gasteiger partial charge in [0.1, 0.15) is 0 Å². The van der Waals surface area contributed by atoms with E-state index in [-0.39, 0.29) is 16.5 Å². The maximum Gasteiger partial charge on any atom is 0.416 e. The van der Waals surface area contributed by atoms with Crippen LogP contribution in [0.2, 0.25) is 0 Å². The van der Waals surface area contributed by atoms with Crippen molar-refractivity contribution < 1.29 is 26.4 Å². The van der Waals surface area contributed by atoms with Gasteiger partial charge in [-0.15, -0.1) is 11.3 Å². The molecule has 4 rings (SSSR count). The highest BCUT2D eigenvalue weighted by molar-refractivity contribution is 9.10. The van der Waals surface area contributed by atoms with Crippen molar-refractivity contribution >= 4 is 66.2 Å². The van der Waals surface area contributed by atoms with Crippen molar-refractivity contribution in [3.63, 3.8) is 0 Å². The van der Waals surface area contributed by atoms with Crippen molar-refractivity contribution in [3.8, 4) is 0 Å². The first-order valence-corrected chi connectivity index (χ1v) is 11.8. The minimum atomic E-state index is -4.52. The third kappa shape index (κ3) is 4.53. The van der Waals surface area contributed by atoms with Gasteiger partial charge < -0.3 is 5.32 Å². The van der Waals surface area contributed by atoms with Crippen molar-refractivity contribution in [2.75, 3.05) is 10.0 Å². The lowest BCUT2D eigenvalue weighted by Crippen LogP contribution is -2.13. The Labute approximate surface area is 187 Å². The molecule has 0 atom stereocenters. The normalized spacial score (nSPS) is 15.1. The van der Waals surface area contributed by atoms with E-state index in [1.807, 2.05) is 11.4 Å². The van der Waals surface area contributed by atoms with Crippen molar-refractivity contribution in [3.05, 3.63) is 74.4 Å². The number of carbonyl (C=O) groups is 1. The smallest absolute Gasteiger partial charge is 0.321 e. The second-order valence-corrected chi connectivity index (χ2v) is 10.1. The van der Waals surface area contributed by atoms with Gasteiger partial charge in [0.2, 0.25) is 0 Å². The minimum Gasteiger partial charge on any atom is -0.321 e. The van der Waals surface area contributed by atoms with Gasteiger partial charge in [-0.25, -0.2) is 8.42 Å². The summed E-state index contributed by atoms with van der Waals surface area (Å²) in [6.45, 7) is 0. The van der Waals surface area contributed by atoms with Gasteiger partial charge in [-0.05, 0) is 70.5 Å². The molecule has 2 N–H and O–H groups in total. The molecule has 1 aliphatic rings. The minimum absolute atomic E-state index is 0.0121. The molecule has 2 aromatic carbocycles. The van der Waals surface area contributed by atoms with Crippen LogP contribution in [0.1, 0.15) is 16.0 Å². The highest BCUT2D eigenvalue weighted by atomic mass is 79.9. The van der Waals surface area contributed by atoms with Crippen LogP contribution in [0.4, 0.5) is 24.5 Å². The van der Waals surface area contributed by atoms with Crippen LogP contribution in [0, 0.1) is 0 Å².